The maximum atomic E-state index is 12.9. The van der Waals surface area contributed by atoms with Crippen molar-refractivity contribution >= 4 is 51.7 Å². The number of benzene rings is 3. The largest absolute Gasteiger partial charge is 0.457 e. The number of thioether (sulfide) groups is 1. The number of thiocarbonyl (C=S) groups is 1. The van der Waals surface area contributed by atoms with Crippen molar-refractivity contribution < 1.29 is 14.5 Å². The van der Waals surface area contributed by atoms with Crippen LogP contribution < -0.4 is 9.64 Å². The molecule has 0 unspecified atom stereocenters. The lowest BCUT2D eigenvalue weighted by Crippen LogP contribution is -2.27. The van der Waals surface area contributed by atoms with Gasteiger partial charge in [0.1, 0.15) is 11.5 Å². The van der Waals surface area contributed by atoms with Gasteiger partial charge in [-0.3, -0.25) is 19.8 Å². The molecule has 4 rings (SSSR count). The highest BCUT2D eigenvalue weighted by Crippen LogP contribution is 2.37. The summed E-state index contributed by atoms with van der Waals surface area (Å²) < 4.78 is 6.16. The van der Waals surface area contributed by atoms with E-state index in [0.29, 0.717) is 26.4 Å². The first-order chi connectivity index (χ1) is 14.5. The van der Waals surface area contributed by atoms with E-state index in [1.807, 2.05) is 54.6 Å². The molecule has 0 saturated carbocycles. The Hall–Kier alpha value is -3.49. The standard InChI is InChI=1S/C22H14N2O4S2/c25-21-20(30-22(29)23(21)16-7-5-8-17(14-16)24(26)27)13-15-6-4-11-19(12-15)28-18-9-2-1-3-10-18/h1-14H/b20-13-. The summed E-state index contributed by atoms with van der Waals surface area (Å²) in [4.78, 5) is 25.2. The molecule has 3 aromatic carbocycles. The van der Waals surface area contributed by atoms with Crippen LogP contribution in [0, 0.1) is 10.1 Å². The van der Waals surface area contributed by atoms with Crippen LogP contribution in [0.2, 0.25) is 0 Å². The van der Waals surface area contributed by atoms with Gasteiger partial charge >= 0.3 is 0 Å². The van der Waals surface area contributed by atoms with E-state index in [2.05, 4.69) is 0 Å². The molecule has 1 heterocycles. The average molecular weight is 434 g/mol. The van der Waals surface area contributed by atoms with Gasteiger partial charge in [-0.05, 0) is 42.0 Å². The van der Waals surface area contributed by atoms with Gasteiger partial charge in [-0.25, -0.2) is 0 Å². The highest BCUT2D eigenvalue weighted by atomic mass is 32.2. The number of carbonyl (C=O) groups excluding carboxylic acids is 1. The SMILES string of the molecule is O=C1/C(=C/c2cccc(Oc3ccccc3)c2)SC(=S)N1c1cccc([N+](=O)[O-])c1. The minimum atomic E-state index is -0.505. The molecule has 0 radical (unpaired) electrons. The normalized spacial score (nSPS) is 14.9. The van der Waals surface area contributed by atoms with E-state index in [1.54, 1.807) is 12.1 Å². The van der Waals surface area contributed by atoms with E-state index in [9.17, 15) is 14.9 Å². The van der Waals surface area contributed by atoms with Crippen LogP contribution >= 0.6 is 24.0 Å². The van der Waals surface area contributed by atoms with Crippen LogP contribution in [0.4, 0.5) is 11.4 Å². The first kappa shape index (κ1) is 19.8. The number of non-ortho nitro benzene ring substituents is 1. The number of nitrogens with zero attached hydrogens (tertiary/aromatic N) is 2. The van der Waals surface area contributed by atoms with Crippen LogP contribution in [0.25, 0.3) is 6.08 Å². The molecule has 148 valence electrons. The van der Waals surface area contributed by atoms with Crippen LogP contribution in [0.3, 0.4) is 0 Å². The summed E-state index contributed by atoms with van der Waals surface area (Å²) in [6, 6.07) is 22.6. The maximum absolute atomic E-state index is 12.9. The fraction of sp³-hybridized carbons (Fsp3) is 0. The third kappa shape index (κ3) is 4.24. The van der Waals surface area contributed by atoms with E-state index in [1.165, 1.54) is 23.1 Å². The Balaban J connectivity index is 1.59. The van der Waals surface area contributed by atoms with Gasteiger partial charge < -0.3 is 4.74 Å². The quantitative estimate of drug-likeness (QED) is 0.219. The Morgan fingerprint density at radius 2 is 1.70 bits per heavy atom. The minimum absolute atomic E-state index is 0.101. The number of para-hydroxylation sites is 1. The molecule has 0 aliphatic carbocycles. The van der Waals surface area contributed by atoms with E-state index in [4.69, 9.17) is 17.0 Å². The smallest absolute Gasteiger partial charge is 0.271 e. The first-order valence-electron chi connectivity index (χ1n) is 8.87. The van der Waals surface area contributed by atoms with Crippen molar-refractivity contribution in [1.82, 2.24) is 0 Å². The second-order valence-electron chi connectivity index (χ2n) is 6.28. The predicted molar refractivity (Wildman–Crippen MR) is 122 cm³/mol. The van der Waals surface area contributed by atoms with Gasteiger partial charge in [0.2, 0.25) is 0 Å². The molecule has 0 bridgehead atoms. The van der Waals surface area contributed by atoms with Crippen molar-refractivity contribution in [2.75, 3.05) is 4.90 Å². The van der Waals surface area contributed by atoms with Crippen molar-refractivity contribution in [1.29, 1.82) is 0 Å². The monoisotopic (exact) mass is 434 g/mol. The second-order valence-corrected chi connectivity index (χ2v) is 7.96. The van der Waals surface area contributed by atoms with E-state index in [0.717, 1.165) is 17.3 Å². The lowest BCUT2D eigenvalue weighted by molar-refractivity contribution is -0.384. The van der Waals surface area contributed by atoms with Gasteiger partial charge in [0.15, 0.2) is 4.32 Å². The summed E-state index contributed by atoms with van der Waals surface area (Å²) in [7, 11) is 0. The van der Waals surface area contributed by atoms with Crippen LogP contribution in [0.1, 0.15) is 5.56 Å². The zero-order valence-corrected chi connectivity index (χ0v) is 17.1. The number of hydrogen-bond donors (Lipinski definition) is 0. The zero-order chi connectivity index (χ0) is 21.1. The van der Waals surface area contributed by atoms with E-state index in [-0.39, 0.29) is 11.6 Å². The second kappa shape index (κ2) is 8.48. The molecule has 1 saturated heterocycles. The molecule has 0 spiro atoms. The highest BCUT2D eigenvalue weighted by Gasteiger charge is 2.33. The van der Waals surface area contributed by atoms with Crippen LogP contribution in [-0.4, -0.2) is 15.2 Å². The number of ether oxygens (including phenoxy) is 1. The topological polar surface area (TPSA) is 72.7 Å². The fourth-order valence-corrected chi connectivity index (χ4v) is 4.18. The molecule has 1 aliphatic heterocycles. The van der Waals surface area contributed by atoms with Crippen LogP contribution in [-0.2, 0) is 4.79 Å². The van der Waals surface area contributed by atoms with Crippen molar-refractivity contribution in [2.45, 2.75) is 0 Å². The molecule has 1 aliphatic rings. The van der Waals surface area contributed by atoms with Crippen molar-refractivity contribution in [3.8, 4) is 11.5 Å². The third-order valence-electron chi connectivity index (χ3n) is 4.23. The molecule has 6 nitrogen and oxygen atoms in total. The molecular formula is C22H14N2O4S2. The number of hydrogen-bond acceptors (Lipinski definition) is 6. The lowest BCUT2D eigenvalue weighted by atomic mass is 10.2. The summed E-state index contributed by atoms with van der Waals surface area (Å²) in [5, 5.41) is 11.0. The number of anilines is 1. The third-order valence-corrected chi connectivity index (χ3v) is 5.53. The number of nitro groups is 1. The lowest BCUT2D eigenvalue weighted by Gasteiger charge is -2.13. The van der Waals surface area contributed by atoms with Gasteiger partial charge in [-0.1, -0.05) is 60.4 Å². The molecule has 8 heteroatoms. The molecular weight excluding hydrogens is 420 g/mol. The highest BCUT2D eigenvalue weighted by molar-refractivity contribution is 8.27. The van der Waals surface area contributed by atoms with E-state index < -0.39 is 4.92 Å². The molecule has 1 fully saturated rings. The zero-order valence-electron chi connectivity index (χ0n) is 15.4. The summed E-state index contributed by atoms with van der Waals surface area (Å²) in [5.41, 5.74) is 1.05. The summed E-state index contributed by atoms with van der Waals surface area (Å²) >= 11 is 6.50. The Kier molecular flexibility index (Phi) is 5.60. The molecule has 30 heavy (non-hydrogen) atoms. The van der Waals surface area contributed by atoms with Crippen molar-refractivity contribution in [3.63, 3.8) is 0 Å². The van der Waals surface area contributed by atoms with Gasteiger partial charge in [-0.2, -0.15) is 0 Å². The Labute approximate surface area is 181 Å². The van der Waals surface area contributed by atoms with E-state index >= 15 is 0 Å². The number of carbonyl (C=O) groups is 1. The predicted octanol–water partition coefficient (Wildman–Crippen LogP) is 5.79. The van der Waals surface area contributed by atoms with Gasteiger partial charge in [-0.15, -0.1) is 0 Å². The molecule has 0 aromatic heterocycles. The fourth-order valence-electron chi connectivity index (χ4n) is 2.88. The average Bonchev–Trinajstić information content (AvgIpc) is 3.02. The minimum Gasteiger partial charge on any atom is -0.457 e. The molecule has 3 aromatic rings. The van der Waals surface area contributed by atoms with Crippen molar-refractivity contribution in [3.05, 3.63) is 99.4 Å². The summed E-state index contributed by atoms with van der Waals surface area (Å²) in [6.45, 7) is 0. The Bertz CT molecular complexity index is 1180. The van der Waals surface area contributed by atoms with Gasteiger partial charge in [0.25, 0.3) is 11.6 Å². The molecule has 1 amide bonds. The number of rotatable bonds is 5. The van der Waals surface area contributed by atoms with Gasteiger partial charge in [0, 0.05) is 12.1 Å². The summed E-state index contributed by atoms with van der Waals surface area (Å²) in [6.07, 6.45) is 1.73. The van der Waals surface area contributed by atoms with Crippen LogP contribution in [0.5, 0.6) is 11.5 Å². The van der Waals surface area contributed by atoms with Gasteiger partial charge in [0.05, 0.1) is 15.5 Å². The van der Waals surface area contributed by atoms with Crippen molar-refractivity contribution in [2.24, 2.45) is 0 Å². The summed E-state index contributed by atoms with van der Waals surface area (Å²) in [5.74, 6) is 1.04. The molecule has 0 N–H and O–H groups in total. The first-order valence-corrected chi connectivity index (χ1v) is 10.1. The Morgan fingerprint density at radius 1 is 0.967 bits per heavy atom. The van der Waals surface area contributed by atoms with Crippen LogP contribution in [0.15, 0.2) is 83.8 Å². The number of nitro benzene ring substituents is 1. The Morgan fingerprint density at radius 3 is 2.47 bits per heavy atom. The molecule has 0 atom stereocenters. The maximum Gasteiger partial charge on any atom is 0.271 e. The number of amides is 1.